The van der Waals surface area contributed by atoms with Gasteiger partial charge in [0.1, 0.15) is 11.5 Å². The van der Waals surface area contributed by atoms with Crippen LogP contribution in [0.25, 0.3) is 5.65 Å². The molecular weight excluding hydrogens is 188 g/mol. The first-order valence-electron chi connectivity index (χ1n) is 5.38. The lowest BCUT2D eigenvalue weighted by Gasteiger charge is -2.04. The van der Waals surface area contributed by atoms with Crippen LogP contribution in [0.3, 0.4) is 0 Å². The quantitative estimate of drug-likeness (QED) is 0.761. The van der Waals surface area contributed by atoms with E-state index >= 15 is 0 Å². The minimum absolute atomic E-state index is 0.435. The fraction of sp³-hybridized carbons (Fsp3) is 0.455. The van der Waals surface area contributed by atoms with E-state index in [1.54, 1.807) is 0 Å². The van der Waals surface area contributed by atoms with E-state index in [1.807, 2.05) is 19.2 Å². The molecule has 15 heavy (non-hydrogen) atoms. The van der Waals surface area contributed by atoms with Crippen molar-refractivity contribution in [3.05, 3.63) is 30.0 Å². The summed E-state index contributed by atoms with van der Waals surface area (Å²) in [5.41, 5.74) is 2.13. The van der Waals surface area contributed by atoms with Crippen molar-refractivity contribution in [1.82, 2.24) is 19.7 Å². The Morgan fingerprint density at radius 2 is 2.47 bits per heavy atom. The first-order chi connectivity index (χ1) is 7.34. The smallest absolute Gasteiger partial charge is 0.140 e. The minimum atomic E-state index is 0.435. The molecule has 4 nitrogen and oxygen atoms in total. The fourth-order valence-corrected chi connectivity index (χ4v) is 2.17. The van der Waals surface area contributed by atoms with Gasteiger partial charge in [0.15, 0.2) is 0 Å². The number of aromatic nitrogens is 3. The summed E-state index contributed by atoms with van der Waals surface area (Å²) in [6.45, 7) is 3.11. The van der Waals surface area contributed by atoms with Crippen molar-refractivity contribution in [3.8, 4) is 0 Å². The van der Waals surface area contributed by atoms with Crippen LogP contribution in [0, 0.1) is 6.92 Å². The van der Waals surface area contributed by atoms with Crippen LogP contribution in [0.5, 0.6) is 0 Å². The Labute approximate surface area is 88.4 Å². The lowest BCUT2D eigenvalue weighted by molar-refractivity contribution is 0.632. The number of aryl methyl sites for hydroxylation is 1. The van der Waals surface area contributed by atoms with Gasteiger partial charge in [0.05, 0.1) is 11.7 Å². The molecule has 0 bridgehead atoms. The molecule has 1 aliphatic heterocycles. The molecule has 1 unspecified atom stereocenters. The highest BCUT2D eigenvalue weighted by Gasteiger charge is 2.19. The van der Waals surface area contributed by atoms with Crippen LogP contribution in [0.4, 0.5) is 0 Å². The van der Waals surface area contributed by atoms with Crippen molar-refractivity contribution < 1.29 is 0 Å². The lowest BCUT2D eigenvalue weighted by atomic mass is 10.2. The zero-order valence-corrected chi connectivity index (χ0v) is 8.77. The molecule has 78 valence electrons. The molecule has 0 amide bonds. The summed E-state index contributed by atoms with van der Waals surface area (Å²) in [7, 11) is 0. The summed E-state index contributed by atoms with van der Waals surface area (Å²) in [6, 6.07) is 2.38. The molecule has 1 saturated heterocycles. The summed E-state index contributed by atoms with van der Waals surface area (Å²) < 4.78 is 2.05. The topological polar surface area (TPSA) is 42.2 Å². The SMILES string of the molecule is Cc1nccc2nc(C3CCCN3)cn12. The number of nitrogens with one attached hydrogen (secondary N) is 1. The Balaban J connectivity index is 2.09. The molecule has 0 saturated carbocycles. The summed E-state index contributed by atoms with van der Waals surface area (Å²) in [4.78, 5) is 8.87. The Morgan fingerprint density at radius 3 is 3.20 bits per heavy atom. The zero-order valence-electron chi connectivity index (χ0n) is 8.77. The summed E-state index contributed by atoms with van der Waals surface area (Å²) in [5, 5.41) is 3.46. The number of imidazole rings is 1. The Hall–Kier alpha value is -1.42. The minimum Gasteiger partial charge on any atom is -0.309 e. The monoisotopic (exact) mass is 202 g/mol. The van der Waals surface area contributed by atoms with Gasteiger partial charge in [-0.05, 0) is 32.4 Å². The van der Waals surface area contributed by atoms with Crippen LogP contribution in [0.2, 0.25) is 0 Å². The maximum atomic E-state index is 4.62. The predicted molar refractivity (Wildman–Crippen MR) is 57.7 cm³/mol. The average molecular weight is 202 g/mol. The second kappa shape index (κ2) is 3.31. The van der Waals surface area contributed by atoms with E-state index in [0.717, 1.165) is 23.7 Å². The highest BCUT2D eigenvalue weighted by atomic mass is 15.1. The summed E-state index contributed by atoms with van der Waals surface area (Å²) in [6.07, 6.45) is 6.34. The van der Waals surface area contributed by atoms with Crippen LogP contribution in [0.1, 0.15) is 30.4 Å². The molecule has 3 rings (SSSR count). The van der Waals surface area contributed by atoms with Crippen LogP contribution >= 0.6 is 0 Å². The molecule has 0 aliphatic carbocycles. The van der Waals surface area contributed by atoms with E-state index in [2.05, 4.69) is 25.9 Å². The molecule has 2 aromatic heterocycles. The zero-order chi connectivity index (χ0) is 10.3. The average Bonchev–Trinajstić information content (AvgIpc) is 2.86. The first kappa shape index (κ1) is 8.85. The number of fused-ring (bicyclic) bond motifs is 1. The molecule has 1 atom stereocenters. The van der Waals surface area contributed by atoms with Gasteiger partial charge in [-0.2, -0.15) is 0 Å². The number of hydrogen-bond acceptors (Lipinski definition) is 3. The second-order valence-corrected chi connectivity index (χ2v) is 4.03. The van der Waals surface area contributed by atoms with Gasteiger partial charge in [-0.1, -0.05) is 0 Å². The highest BCUT2D eigenvalue weighted by molar-refractivity contribution is 5.40. The molecule has 3 heterocycles. The molecule has 0 spiro atoms. The van der Waals surface area contributed by atoms with Gasteiger partial charge in [-0.15, -0.1) is 0 Å². The van der Waals surface area contributed by atoms with Crippen molar-refractivity contribution in [2.75, 3.05) is 6.54 Å². The highest BCUT2D eigenvalue weighted by Crippen LogP contribution is 2.22. The van der Waals surface area contributed by atoms with Crippen LogP contribution < -0.4 is 5.32 Å². The fourth-order valence-electron chi connectivity index (χ4n) is 2.17. The Kier molecular flexibility index (Phi) is 1.95. The lowest BCUT2D eigenvalue weighted by Crippen LogP contribution is -2.12. The van der Waals surface area contributed by atoms with Gasteiger partial charge in [-0.3, -0.25) is 4.40 Å². The summed E-state index contributed by atoms with van der Waals surface area (Å²) >= 11 is 0. The number of nitrogens with zero attached hydrogens (tertiary/aromatic N) is 3. The maximum absolute atomic E-state index is 4.62. The van der Waals surface area contributed by atoms with Gasteiger partial charge in [0.25, 0.3) is 0 Å². The third kappa shape index (κ3) is 1.41. The largest absolute Gasteiger partial charge is 0.309 e. The molecule has 0 radical (unpaired) electrons. The van der Waals surface area contributed by atoms with E-state index in [1.165, 1.54) is 12.8 Å². The van der Waals surface area contributed by atoms with Gasteiger partial charge >= 0.3 is 0 Å². The molecule has 2 aromatic rings. The third-order valence-corrected chi connectivity index (χ3v) is 3.00. The standard InChI is InChI=1S/C11H14N4/c1-8-12-6-4-11-14-10(7-15(8)11)9-3-2-5-13-9/h4,6-7,9,13H,2-3,5H2,1H3. The maximum Gasteiger partial charge on any atom is 0.140 e. The van der Waals surface area contributed by atoms with Crippen LogP contribution in [-0.2, 0) is 0 Å². The van der Waals surface area contributed by atoms with Crippen molar-refractivity contribution in [2.45, 2.75) is 25.8 Å². The molecule has 1 fully saturated rings. The van der Waals surface area contributed by atoms with E-state index in [-0.39, 0.29) is 0 Å². The van der Waals surface area contributed by atoms with E-state index < -0.39 is 0 Å². The van der Waals surface area contributed by atoms with Gasteiger partial charge in [-0.25, -0.2) is 9.97 Å². The van der Waals surface area contributed by atoms with Crippen molar-refractivity contribution in [1.29, 1.82) is 0 Å². The molecule has 1 aliphatic rings. The Bertz CT molecular complexity index is 482. The summed E-state index contributed by atoms with van der Waals surface area (Å²) in [5.74, 6) is 0.990. The molecule has 4 heteroatoms. The molecule has 1 N–H and O–H groups in total. The van der Waals surface area contributed by atoms with E-state index in [0.29, 0.717) is 6.04 Å². The van der Waals surface area contributed by atoms with Gasteiger partial charge in [0, 0.05) is 12.4 Å². The van der Waals surface area contributed by atoms with Gasteiger partial charge < -0.3 is 5.32 Å². The van der Waals surface area contributed by atoms with Crippen molar-refractivity contribution >= 4 is 5.65 Å². The second-order valence-electron chi connectivity index (χ2n) is 4.03. The first-order valence-corrected chi connectivity index (χ1v) is 5.38. The van der Waals surface area contributed by atoms with Crippen molar-refractivity contribution in [2.24, 2.45) is 0 Å². The predicted octanol–water partition coefficient (Wildman–Crippen LogP) is 1.46. The third-order valence-electron chi connectivity index (χ3n) is 3.00. The van der Waals surface area contributed by atoms with Crippen LogP contribution in [-0.4, -0.2) is 20.9 Å². The van der Waals surface area contributed by atoms with Crippen molar-refractivity contribution in [3.63, 3.8) is 0 Å². The van der Waals surface area contributed by atoms with Crippen LogP contribution in [0.15, 0.2) is 18.5 Å². The Morgan fingerprint density at radius 1 is 1.53 bits per heavy atom. The van der Waals surface area contributed by atoms with E-state index in [9.17, 15) is 0 Å². The van der Waals surface area contributed by atoms with Gasteiger partial charge in [0.2, 0.25) is 0 Å². The van der Waals surface area contributed by atoms with E-state index in [4.69, 9.17) is 0 Å². The normalized spacial score (nSPS) is 21.3. The number of rotatable bonds is 1. The molecular formula is C11H14N4. The number of hydrogen-bond donors (Lipinski definition) is 1. The molecule has 0 aromatic carbocycles.